The third kappa shape index (κ3) is 2.98. The monoisotopic (exact) mass is 306 g/mol. The van der Waals surface area contributed by atoms with E-state index in [9.17, 15) is 0 Å². The van der Waals surface area contributed by atoms with E-state index in [1.165, 1.54) is 18.6 Å². The highest BCUT2D eigenvalue weighted by molar-refractivity contribution is 7.99. The number of thioether (sulfide) groups is 1. The van der Waals surface area contributed by atoms with Gasteiger partial charge in [0, 0.05) is 32.5 Å². The van der Waals surface area contributed by atoms with Crippen LogP contribution in [-0.4, -0.2) is 64.5 Å². The number of aromatic nitrogens is 4. The van der Waals surface area contributed by atoms with E-state index in [0.717, 1.165) is 30.4 Å². The highest BCUT2D eigenvalue weighted by Crippen LogP contribution is 2.39. The maximum Gasteiger partial charge on any atom is 0.203 e. The van der Waals surface area contributed by atoms with Crippen LogP contribution < -0.4 is 4.90 Å². The van der Waals surface area contributed by atoms with E-state index < -0.39 is 0 Å². The van der Waals surface area contributed by atoms with E-state index >= 15 is 0 Å². The first-order valence-electron chi connectivity index (χ1n) is 7.34. The summed E-state index contributed by atoms with van der Waals surface area (Å²) in [7, 11) is 6.22. The summed E-state index contributed by atoms with van der Waals surface area (Å²) in [6, 6.07) is 0. The van der Waals surface area contributed by atoms with Crippen LogP contribution in [0.5, 0.6) is 0 Å². The molecule has 1 aliphatic heterocycles. The molecule has 0 N–H and O–H groups in total. The van der Waals surface area contributed by atoms with Gasteiger partial charge in [-0.25, -0.2) is 4.98 Å². The Morgan fingerprint density at radius 2 is 2.14 bits per heavy atom. The Hall–Kier alpha value is -1.34. The maximum absolute atomic E-state index is 4.50. The maximum atomic E-state index is 4.50. The largest absolute Gasteiger partial charge is 0.355 e. The van der Waals surface area contributed by atoms with Gasteiger partial charge < -0.3 is 9.80 Å². The highest BCUT2D eigenvalue weighted by atomic mass is 32.2. The molecule has 2 aromatic heterocycles. The molecule has 0 amide bonds. The first kappa shape index (κ1) is 14.6. The van der Waals surface area contributed by atoms with Gasteiger partial charge in [0.05, 0.1) is 5.25 Å². The molecule has 0 aromatic carbocycles. The molecule has 1 atom stereocenters. The molecule has 3 heterocycles. The summed E-state index contributed by atoms with van der Waals surface area (Å²) < 4.78 is 2.11. The number of fused-ring (bicyclic) bond motifs is 1. The third-order valence-electron chi connectivity index (χ3n) is 3.80. The minimum Gasteiger partial charge on any atom is -0.355 e. The van der Waals surface area contributed by atoms with Crippen molar-refractivity contribution in [1.29, 1.82) is 0 Å². The quantitative estimate of drug-likeness (QED) is 0.838. The van der Waals surface area contributed by atoms with E-state index in [1.54, 1.807) is 0 Å². The summed E-state index contributed by atoms with van der Waals surface area (Å²) in [4.78, 5) is 8.82. The van der Waals surface area contributed by atoms with Crippen molar-refractivity contribution in [2.24, 2.45) is 0 Å². The second-order valence-corrected chi connectivity index (χ2v) is 7.04. The van der Waals surface area contributed by atoms with Crippen LogP contribution in [0.4, 0.5) is 5.82 Å². The van der Waals surface area contributed by atoms with Crippen molar-refractivity contribution in [1.82, 2.24) is 24.5 Å². The normalized spacial score (nSPS) is 18.8. The fraction of sp³-hybridized carbons (Fsp3) is 0.643. The molecule has 21 heavy (non-hydrogen) atoms. The molecule has 0 radical (unpaired) electrons. The fourth-order valence-electron chi connectivity index (χ4n) is 2.56. The Kier molecular flexibility index (Phi) is 4.30. The van der Waals surface area contributed by atoms with Crippen LogP contribution in [0.15, 0.2) is 12.4 Å². The number of hydrogen-bond donors (Lipinski definition) is 0. The molecule has 1 saturated heterocycles. The Balaban J connectivity index is 1.89. The smallest absolute Gasteiger partial charge is 0.203 e. The number of likely N-dealkylation sites (N-methyl/N-ethyl adjacent to an activating group) is 2. The summed E-state index contributed by atoms with van der Waals surface area (Å²) in [6.45, 7) is 1.90. The van der Waals surface area contributed by atoms with Crippen molar-refractivity contribution in [3.8, 4) is 0 Å². The predicted molar refractivity (Wildman–Crippen MR) is 87.0 cm³/mol. The molecule has 0 aliphatic carbocycles. The first-order valence-corrected chi connectivity index (χ1v) is 8.39. The minimum atomic E-state index is 0.474. The summed E-state index contributed by atoms with van der Waals surface area (Å²) in [6.07, 6.45) is 6.29. The topological polar surface area (TPSA) is 49.6 Å². The van der Waals surface area contributed by atoms with Crippen LogP contribution in [0, 0.1) is 0 Å². The SMILES string of the molecule is CN(C)CCN(C)c1nccn2c([C@@H]3CCCS3)nnc12. The molecule has 1 aliphatic rings. The van der Waals surface area contributed by atoms with Gasteiger partial charge in [0.25, 0.3) is 0 Å². The van der Waals surface area contributed by atoms with Gasteiger partial charge in [-0.2, -0.15) is 11.8 Å². The van der Waals surface area contributed by atoms with Gasteiger partial charge in [0.1, 0.15) is 0 Å². The van der Waals surface area contributed by atoms with Crippen LogP contribution in [0.25, 0.3) is 5.65 Å². The van der Waals surface area contributed by atoms with E-state index in [0.29, 0.717) is 5.25 Å². The van der Waals surface area contributed by atoms with Crippen LogP contribution in [-0.2, 0) is 0 Å². The van der Waals surface area contributed by atoms with Crippen molar-refractivity contribution in [3.63, 3.8) is 0 Å². The Bertz CT molecular complexity index is 605. The van der Waals surface area contributed by atoms with Crippen molar-refractivity contribution in [2.45, 2.75) is 18.1 Å². The standard InChI is InChI=1S/C14H22N6S/c1-18(2)8-9-19(3)13-14-17-16-12(11-5-4-10-21-11)20(14)7-6-15-13/h6-7,11H,4-5,8-10H2,1-3H3/t11-/m0/s1. The molecule has 7 heteroatoms. The van der Waals surface area contributed by atoms with Gasteiger partial charge in [0.15, 0.2) is 11.6 Å². The van der Waals surface area contributed by atoms with Gasteiger partial charge in [0.2, 0.25) is 5.65 Å². The molecule has 114 valence electrons. The molecule has 3 rings (SSSR count). The average molecular weight is 306 g/mol. The van der Waals surface area contributed by atoms with Gasteiger partial charge >= 0.3 is 0 Å². The van der Waals surface area contributed by atoms with Crippen LogP contribution in [0.2, 0.25) is 0 Å². The summed E-state index contributed by atoms with van der Waals surface area (Å²) >= 11 is 1.98. The Morgan fingerprint density at radius 1 is 1.29 bits per heavy atom. The van der Waals surface area contributed by atoms with E-state index in [1.807, 2.05) is 24.2 Å². The second kappa shape index (κ2) is 6.19. The number of nitrogens with zero attached hydrogens (tertiary/aromatic N) is 6. The van der Waals surface area contributed by atoms with Crippen molar-refractivity contribution in [2.75, 3.05) is 44.9 Å². The molecule has 0 saturated carbocycles. The van der Waals surface area contributed by atoms with Crippen LogP contribution >= 0.6 is 11.8 Å². The third-order valence-corrected chi connectivity index (χ3v) is 5.17. The lowest BCUT2D eigenvalue weighted by Crippen LogP contribution is -2.29. The number of anilines is 1. The first-order chi connectivity index (χ1) is 10.2. The van der Waals surface area contributed by atoms with E-state index in [4.69, 9.17) is 0 Å². The lowest BCUT2D eigenvalue weighted by molar-refractivity contribution is 0.416. The second-order valence-electron chi connectivity index (χ2n) is 5.73. The van der Waals surface area contributed by atoms with Crippen LogP contribution in [0.1, 0.15) is 23.9 Å². The molecular weight excluding hydrogens is 284 g/mol. The molecule has 0 unspecified atom stereocenters. The summed E-state index contributed by atoms with van der Waals surface area (Å²) in [5.74, 6) is 3.19. The highest BCUT2D eigenvalue weighted by Gasteiger charge is 2.24. The van der Waals surface area contributed by atoms with Crippen molar-refractivity contribution in [3.05, 3.63) is 18.2 Å². The molecule has 1 fully saturated rings. The number of hydrogen-bond acceptors (Lipinski definition) is 6. The van der Waals surface area contributed by atoms with Crippen molar-refractivity contribution >= 4 is 23.2 Å². The number of rotatable bonds is 5. The van der Waals surface area contributed by atoms with E-state index in [2.05, 4.69) is 50.5 Å². The lowest BCUT2D eigenvalue weighted by atomic mass is 10.2. The van der Waals surface area contributed by atoms with Gasteiger partial charge in [-0.05, 0) is 32.7 Å². The van der Waals surface area contributed by atoms with Crippen molar-refractivity contribution < 1.29 is 0 Å². The Labute approximate surface area is 129 Å². The lowest BCUT2D eigenvalue weighted by Gasteiger charge is -2.20. The van der Waals surface area contributed by atoms with Gasteiger partial charge in [-0.15, -0.1) is 10.2 Å². The summed E-state index contributed by atoms with van der Waals surface area (Å²) in [5.41, 5.74) is 0.862. The van der Waals surface area contributed by atoms with E-state index in [-0.39, 0.29) is 0 Å². The Morgan fingerprint density at radius 3 is 2.86 bits per heavy atom. The zero-order chi connectivity index (χ0) is 14.8. The van der Waals surface area contributed by atoms with Gasteiger partial charge in [-0.3, -0.25) is 4.40 Å². The molecule has 0 spiro atoms. The zero-order valence-electron chi connectivity index (χ0n) is 12.9. The zero-order valence-corrected chi connectivity index (χ0v) is 13.7. The minimum absolute atomic E-state index is 0.474. The predicted octanol–water partition coefficient (Wildman–Crippen LogP) is 1.69. The summed E-state index contributed by atoms with van der Waals surface area (Å²) in [5, 5.41) is 9.30. The molecular formula is C14H22N6S. The van der Waals surface area contributed by atoms with Crippen LogP contribution in [0.3, 0.4) is 0 Å². The molecule has 2 aromatic rings. The van der Waals surface area contributed by atoms with Gasteiger partial charge in [-0.1, -0.05) is 0 Å². The average Bonchev–Trinajstić information content (AvgIpc) is 3.12. The fourth-order valence-corrected chi connectivity index (χ4v) is 3.82. The molecule has 6 nitrogen and oxygen atoms in total. The molecule has 0 bridgehead atoms.